The van der Waals surface area contributed by atoms with Gasteiger partial charge in [0.25, 0.3) is 0 Å². The number of nitrogens with one attached hydrogen (secondary N) is 2. The molecule has 28 heavy (non-hydrogen) atoms. The maximum atomic E-state index is 11.1. The zero-order valence-corrected chi connectivity index (χ0v) is 18.3. The molecule has 3 aromatic heterocycles. The summed E-state index contributed by atoms with van der Waals surface area (Å²) in [5.41, 5.74) is 5.15. The molecule has 0 atom stereocenters. The summed E-state index contributed by atoms with van der Waals surface area (Å²) in [6, 6.07) is 11.2. The summed E-state index contributed by atoms with van der Waals surface area (Å²) in [6.45, 7) is 3.45. The molecular formula is C19H17BrClN5OS. The highest BCUT2D eigenvalue weighted by Crippen LogP contribution is 2.30. The number of benzene rings is 1. The second-order valence-corrected chi connectivity index (χ2v) is 7.34. The van der Waals surface area contributed by atoms with E-state index in [1.807, 2.05) is 59.3 Å². The maximum Gasteiger partial charge on any atom is 0.221 e. The summed E-state index contributed by atoms with van der Waals surface area (Å²) < 4.78 is 1.96. The first-order valence-electron chi connectivity index (χ1n) is 8.24. The molecule has 2 N–H and O–H groups in total. The minimum atomic E-state index is -0.0937. The van der Waals surface area contributed by atoms with Crippen LogP contribution in [0.3, 0.4) is 0 Å². The van der Waals surface area contributed by atoms with Crippen molar-refractivity contribution in [1.82, 2.24) is 14.4 Å². The number of thiazole rings is 1. The van der Waals surface area contributed by atoms with Gasteiger partial charge in [0, 0.05) is 29.9 Å². The average molecular weight is 479 g/mol. The number of carbonyl (C=O) groups excluding carboxylic acids is 1. The highest BCUT2D eigenvalue weighted by Gasteiger charge is 2.14. The fourth-order valence-electron chi connectivity index (χ4n) is 2.85. The van der Waals surface area contributed by atoms with Crippen LogP contribution in [0.1, 0.15) is 12.6 Å². The van der Waals surface area contributed by atoms with Crippen molar-refractivity contribution in [3.63, 3.8) is 0 Å². The number of imidazole rings is 1. The number of aromatic nitrogens is 3. The molecule has 0 saturated carbocycles. The Morgan fingerprint density at radius 1 is 1.11 bits per heavy atom. The van der Waals surface area contributed by atoms with E-state index in [1.165, 1.54) is 18.3 Å². The maximum absolute atomic E-state index is 11.1. The Morgan fingerprint density at radius 2 is 1.82 bits per heavy atom. The molecule has 1 amide bonds. The number of hydrogen-bond donors (Lipinski definition) is 2. The van der Waals surface area contributed by atoms with Crippen LogP contribution in [-0.4, -0.2) is 20.3 Å². The minimum Gasteiger partial charge on any atom is -0.332 e. The van der Waals surface area contributed by atoms with Crippen molar-refractivity contribution in [1.29, 1.82) is 0 Å². The summed E-state index contributed by atoms with van der Waals surface area (Å²) in [5.74, 6) is -0.0937. The lowest BCUT2D eigenvalue weighted by Crippen LogP contribution is -2.05. The number of halogens is 2. The highest BCUT2D eigenvalue weighted by molar-refractivity contribution is 8.93. The van der Waals surface area contributed by atoms with E-state index < -0.39 is 0 Å². The fourth-order valence-corrected chi connectivity index (χ4v) is 3.72. The normalized spacial score (nSPS) is 10.5. The Hall–Kier alpha value is -2.42. The third kappa shape index (κ3) is 4.19. The van der Waals surface area contributed by atoms with E-state index in [9.17, 15) is 4.79 Å². The Labute approximate surface area is 181 Å². The van der Waals surface area contributed by atoms with Crippen LogP contribution in [0, 0.1) is 6.92 Å². The number of aryl methyl sites for hydroxylation is 1. The first kappa shape index (κ1) is 20.3. The van der Waals surface area contributed by atoms with Crippen molar-refractivity contribution in [2.75, 3.05) is 10.6 Å². The third-order valence-corrected chi connectivity index (χ3v) is 4.94. The molecule has 4 aromatic rings. The van der Waals surface area contributed by atoms with Gasteiger partial charge in [0.05, 0.1) is 16.4 Å². The van der Waals surface area contributed by atoms with Crippen LogP contribution in [-0.2, 0) is 4.79 Å². The fraction of sp³-hybridized carbons (Fsp3) is 0.105. The number of anilines is 3. The number of pyridine rings is 1. The van der Waals surface area contributed by atoms with Crippen molar-refractivity contribution >= 4 is 68.0 Å². The van der Waals surface area contributed by atoms with Gasteiger partial charge in [-0.1, -0.05) is 11.6 Å². The molecule has 3 heterocycles. The molecule has 0 saturated heterocycles. The minimum absolute atomic E-state index is 0. The summed E-state index contributed by atoms with van der Waals surface area (Å²) >= 11 is 7.65. The Kier molecular flexibility index (Phi) is 6.02. The van der Waals surface area contributed by atoms with E-state index in [-0.39, 0.29) is 22.9 Å². The SMILES string of the molecule is Br.CC(=O)Nc1ccc(Nc2nc(-c3c(C)nc4ccc(Cl)cn34)cs2)cc1. The van der Waals surface area contributed by atoms with Crippen molar-refractivity contribution < 1.29 is 4.79 Å². The molecule has 6 nitrogen and oxygen atoms in total. The van der Waals surface area contributed by atoms with Gasteiger partial charge in [-0.25, -0.2) is 9.97 Å². The third-order valence-electron chi connectivity index (χ3n) is 3.96. The lowest BCUT2D eigenvalue weighted by Gasteiger charge is -2.05. The van der Waals surface area contributed by atoms with Crippen LogP contribution >= 0.6 is 39.9 Å². The molecule has 0 aliphatic rings. The number of rotatable bonds is 4. The zero-order valence-electron chi connectivity index (χ0n) is 15.1. The predicted octanol–water partition coefficient (Wildman–Crippen LogP) is 5.70. The number of amides is 1. The summed E-state index contributed by atoms with van der Waals surface area (Å²) in [6.07, 6.45) is 1.85. The van der Waals surface area contributed by atoms with Crippen molar-refractivity contribution in [3.05, 3.63) is 58.7 Å². The van der Waals surface area contributed by atoms with Crippen LogP contribution in [0.25, 0.3) is 17.0 Å². The van der Waals surface area contributed by atoms with Crippen molar-refractivity contribution in [2.45, 2.75) is 13.8 Å². The van der Waals surface area contributed by atoms with Crippen LogP contribution in [0.4, 0.5) is 16.5 Å². The summed E-state index contributed by atoms with van der Waals surface area (Å²) in [5, 5.41) is 9.44. The standard InChI is InChI=1S/C19H16ClN5OS.BrH/c1-11-18(25-9-13(20)3-8-17(25)21-11)16-10-27-19(24-16)23-15-6-4-14(5-7-15)22-12(2)26;/h3-10H,1-2H3,(H,22,26)(H,23,24);1H. The summed E-state index contributed by atoms with van der Waals surface area (Å²) in [4.78, 5) is 20.4. The Morgan fingerprint density at radius 3 is 2.54 bits per heavy atom. The van der Waals surface area contributed by atoms with E-state index in [0.717, 1.165) is 39.2 Å². The van der Waals surface area contributed by atoms with Gasteiger partial charge in [-0.3, -0.25) is 9.20 Å². The van der Waals surface area contributed by atoms with Crippen molar-refractivity contribution in [3.8, 4) is 11.4 Å². The first-order chi connectivity index (χ1) is 13.0. The van der Waals surface area contributed by atoms with Gasteiger partial charge >= 0.3 is 0 Å². The molecule has 0 unspecified atom stereocenters. The molecule has 0 aliphatic heterocycles. The molecule has 4 rings (SSSR count). The second kappa shape index (κ2) is 8.30. The molecule has 0 aliphatic carbocycles. The van der Waals surface area contributed by atoms with Crippen LogP contribution in [0.2, 0.25) is 5.02 Å². The molecule has 0 spiro atoms. The monoisotopic (exact) mass is 477 g/mol. The van der Waals surface area contributed by atoms with Gasteiger partial charge in [0.15, 0.2) is 5.13 Å². The topological polar surface area (TPSA) is 71.3 Å². The molecule has 0 radical (unpaired) electrons. The Balaban J connectivity index is 0.00000225. The van der Waals surface area contributed by atoms with Crippen LogP contribution in [0.5, 0.6) is 0 Å². The van der Waals surface area contributed by atoms with E-state index in [4.69, 9.17) is 16.6 Å². The van der Waals surface area contributed by atoms with Crippen molar-refractivity contribution in [2.24, 2.45) is 0 Å². The summed E-state index contributed by atoms with van der Waals surface area (Å²) in [7, 11) is 0. The highest BCUT2D eigenvalue weighted by atomic mass is 79.9. The molecule has 144 valence electrons. The van der Waals surface area contributed by atoms with Crippen LogP contribution in [0.15, 0.2) is 48.0 Å². The smallest absolute Gasteiger partial charge is 0.221 e. The molecule has 1 aromatic carbocycles. The second-order valence-electron chi connectivity index (χ2n) is 6.04. The largest absolute Gasteiger partial charge is 0.332 e. The number of carbonyl (C=O) groups is 1. The Bertz CT molecular complexity index is 1140. The molecule has 0 fully saturated rings. The molecule has 0 bridgehead atoms. The number of fused-ring (bicyclic) bond motifs is 1. The van der Waals surface area contributed by atoms with E-state index in [0.29, 0.717) is 5.02 Å². The average Bonchev–Trinajstić information content (AvgIpc) is 3.19. The van der Waals surface area contributed by atoms with Crippen LogP contribution < -0.4 is 10.6 Å². The predicted molar refractivity (Wildman–Crippen MR) is 120 cm³/mol. The first-order valence-corrected chi connectivity index (χ1v) is 9.50. The molecular weight excluding hydrogens is 462 g/mol. The number of hydrogen-bond acceptors (Lipinski definition) is 5. The van der Waals surface area contributed by atoms with Gasteiger partial charge in [-0.15, -0.1) is 28.3 Å². The lowest BCUT2D eigenvalue weighted by molar-refractivity contribution is -0.114. The van der Waals surface area contributed by atoms with Gasteiger partial charge in [-0.05, 0) is 43.3 Å². The van der Waals surface area contributed by atoms with Gasteiger partial charge in [0.2, 0.25) is 5.91 Å². The molecule has 9 heteroatoms. The van der Waals surface area contributed by atoms with E-state index in [1.54, 1.807) is 0 Å². The lowest BCUT2D eigenvalue weighted by atomic mass is 10.3. The van der Waals surface area contributed by atoms with E-state index in [2.05, 4.69) is 15.6 Å². The van der Waals surface area contributed by atoms with Gasteiger partial charge < -0.3 is 10.6 Å². The number of nitrogens with zero attached hydrogens (tertiary/aromatic N) is 3. The zero-order chi connectivity index (χ0) is 19.0. The van der Waals surface area contributed by atoms with E-state index >= 15 is 0 Å². The quantitative estimate of drug-likeness (QED) is 0.395. The van der Waals surface area contributed by atoms with Gasteiger partial charge in [0.1, 0.15) is 11.3 Å². The van der Waals surface area contributed by atoms with Gasteiger partial charge in [-0.2, -0.15) is 0 Å².